The number of hydrogen-bond acceptors (Lipinski definition) is 6. The molecule has 0 saturated carbocycles. The monoisotopic (exact) mass is 433 g/mol. The van der Waals surface area contributed by atoms with Crippen LogP contribution in [0.3, 0.4) is 0 Å². The molecular formula is C22H39N7O2. The van der Waals surface area contributed by atoms with Gasteiger partial charge in [0.15, 0.2) is 5.82 Å². The second kappa shape index (κ2) is 10.7. The van der Waals surface area contributed by atoms with E-state index in [2.05, 4.69) is 37.6 Å². The van der Waals surface area contributed by atoms with Gasteiger partial charge in [-0.2, -0.15) is 0 Å². The zero-order valence-electron chi connectivity index (χ0n) is 19.8. The molecule has 174 valence electrons. The fourth-order valence-corrected chi connectivity index (χ4v) is 3.77. The Bertz CT molecular complexity index is 794. The molecule has 0 bridgehead atoms. The molecule has 3 unspecified atom stereocenters. The highest BCUT2D eigenvalue weighted by molar-refractivity contribution is 5.81. The Morgan fingerprint density at radius 2 is 1.94 bits per heavy atom. The van der Waals surface area contributed by atoms with Crippen molar-refractivity contribution in [3.63, 3.8) is 0 Å². The highest BCUT2D eigenvalue weighted by Crippen LogP contribution is 2.30. The normalized spacial score (nSPS) is 20.1. The summed E-state index contributed by atoms with van der Waals surface area (Å²) in [5.74, 6) is 1.68. The summed E-state index contributed by atoms with van der Waals surface area (Å²) < 4.78 is 2.08. The lowest BCUT2D eigenvalue weighted by Gasteiger charge is -2.31. The average Bonchev–Trinajstić information content (AvgIpc) is 3.06. The summed E-state index contributed by atoms with van der Waals surface area (Å²) in [7, 11) is 0. The Labute approximate surface area is 185 Å². The van der Waals surface area contributed by atoms with Crippen LogP contribution in [0.4, 0.5) is 0 Å². The smallest absolute Gasteiger partial charge is 0.225 e. The van der Waals surface area contributed by atoms with Crippen LogP contribution in [0.5, 0.6) is 0 Å². The van der Waals surface area contributed by atoms with Crippen LogP contribution >= 0.6 is 0 Å². The van der Waals surface area contributed by atoms with Gasteiger partial charge in [0.1, 0.15) is 5.82 Å². The van der Waals surface area contributed by atoms with Gasteiger partial charge in [0, 0.05) is 30.6 Å². The molecule has 1 aliphatic rings. The molecule has 0 aromatic carbocycles. The molecule has 1 aliphatic carbocycles. The van der Waals surface area contributed by atoms with Crippen molar-refractivity contribution in [1.29, 1.82) is 0 Å². The largest absolute Gasteiger partial charge is 0.401 e. The molecule has 5 N–H and O–H groups in total. The van der Waals surface area contributed by atoms with Gasteiger partial charge >= 0.3 is 0 Å². The van der Waals surface area contributed by atoms with Crippen molar-refractivity contribution in [1.82, 2.24) is 30.7 Å². The van der Waals surface area contributed by atoms with Crippen LogP contribution in [-0.2, 0) is 9.59 Å². The van der Waals surface area contributed by atoms with Gasteiger partial charge in [0.05, 0.1) is 12.1 Å². The number of carbonyl (C=O) groups is 2. The molecule has 2 rings (SSSR count). The number of hydrogen-bond donors (Lipinski definition) is 4. The van der Waals surface area contributed by atoms with Crippen LogP contribution < -0.4 is 21.7 Å². The number of nitrogens with two attached hydrogens (primary N) is 1. The number of carbonyl (C=O) groups excluding carboxylic acids is 2. The third-order valence-electron chi connectivity index (χ3n) is 5.55. The standard InChI is InChI=1S/C22H39N7O2/c1-14(24-11-7-8-12-25-21(31)22(4,5)6)20-28-27-15(2)29(20)19-13-17(26-16(3)30)9-10-18(19)23/h10,14,17,19,24H,7-9,11-13,23H2,1-6H3,(H,25,31)(H,26,30). The lowest BCUT2D eigenvalue weighted by Crippen LogP contribution is -2.39. The number of allylic oxidation sites excluding steroid dienone is 1. The average molecular weight is 434 g/mol. The van der Waals surface area contributed by atoms with Crippen molar-refractivity contribution in [2.75, 3.05) is 13.1 Å². The predicted molar refractivity (Wildman–Crippen MR) is 121 cm³/mol. The fourth-order valence-electron chi connectivity index (χ4n) is 3.77. The van der Waals surface area contributed by atoms with Crippen molar-refractivity contribution < 1.29 is 9.59 Å². The van der Waals surface area contributed by atoms with Crippen molar-refractivity contribution >= 4 is 11.8 Å². The van der Waals surface area contributed by atoms with Gasteiger partial charge in [-0.3, -0.25) is 9.59 Å². The van der Waals surface area contributed by atoms with Crippen LogP contribution in [0.1, 0.15) is 84.0 Å². The van der Waals surface area contributed by atoms with E-state index in [1.165, 1.54) is 6.92 Å². The second-order valence-corrected chi connectivity index (χ2v) is 9.45. The summed E-state index contributed by atoms with van der Waals surface area (Å²) in [6.07, 6.45) is 5.29. The van der Waals surface area contributed by atoms with Crippen LogP contribution in [0.15, 0.2) is 11.8 Å². The third kappa shape index (κ3) is 7.05. The van der Waals surface area contributed by atoms with Gasteiger partial charge in [-0.15, -0.1) is 10.2 Å². The number of aromatic nitrogens is 3. The Morgan fingerprint density at radius 3 is 2.58 bits per heavy atom. The first-order valence-corrected chi connectivity index (χ1v) is 11.2. The van der Waals surface area contributed by atoms with Crippen molar-refractivity contribution in [3.05, 3.63) is 23.4 Å². The molecule has 0 radical (unpaired) electrons. The van der Waals surface area contributed by atoms with E-state index in [4.69, 9.17) is 5.73 Å². The Balaban J connectivity index is 1.91. The van der Waals surface area contributed by atoms with Crippen molar-refractivity contribution in [3.8, 4) is 0 Å². The van der Waals surface area contributed by atoms with Gasteiger partial charge in [-0.25, -0.2) is 0 Å². The number of unbranched alkanes of at least 4 members (excludes halogenated alkanes) is 1. The molecule has 0 aliphatic heterocycles. The number of amides is 2. The predicted octanol–water partition coefficient (Wildman–Crippen LogP) is 1.86. The molecule has 0 spiro atoms. The maximum Gasteiger partial charge on any atom is 0.225 e. The number of aryl methyl sites for hydroxylation is 1. The fraction of sp³-hybridized carbons (Fsp3) is 0.727. The molecule has 9 nitrogen and oxygen atoms in total. The van der Waals surface area contributed by atoms with E-state index >= 15 is 0 Å². The molecule has 31 heavy (non-hydrogen) atoms. The summed E-state index contributed by atoms with van der Waals surface area (Å²) in [4.78, 5) is 23.4. The molecule has 1 heterocycles. The van der Waals surface area contributed by atoms with Gasteiger partial charge in [0.2, 0.25) is 11.8 Å². The Morgan fingerprint density at radius 1 is 1.26 bits per heavy atom. The third-order valence-corrected chi connectivity index (χ3v) is 5.55. The second-order valence-electron chi connectivity index (χ2n) is 9.45. The van der Waals surface area contributed by atoms with Gasteiger partial charge in [-0.1, -0.05) is 26.8 Å². The molecule has 0 saturated heterocycles. The molecular weight excluding hydrogens is 394 g/mol. The molecule has 3 atom stereocenters. The van der Waals surface area contributed by atoms with E-state index < -0.39 is 0 Å². The van der Waals surface area contributed by atoms with Crippen LogP contribution in [0, 0.1) is 12.3 Å². The molecule has 1 aromatic rings. The first-order chi connectivity index (χ1) is 14.5. The lowest BCUT2D eigenvalue weighted by molar-refractivity contribution is -0.128. The maximum absolute atomic E-state index is 11.9. The minimum absolute atomic E-state index is 0.000640. The van der Waals surface area contributed by atoms with Crippen molar-refractivity contribution in [2.24, 2.45) is 11.1 Å². The number of nitrogens with one attached hydrogen (secondary N) is 3. The quantitative estimate of drug-likeness (QED) is 0.440. The summed E-state index contributed by atoms with van der Waals surface area (Å²) in [6.45, 7) is 12.7. The summed E-state index contributed by atoms with van der Waals surface area (Å²) in [5, 5.41) is 18.2. The molecule has 2 amide bonds. The van der Waals surface area contributed by atoms with E-state index in [0.717, 1.165) is 43.2 Å². The maximum atomic E-state index is 11.9. The Kier molecular flexibility index (Phi) is 8.61. The minimum Gasteiger partial charge on any atom is -0.401 e. The SMILES string of the molecule is CC(=O)NC1CC=C(N)C(n2c(C)nnc2C(C)NCCCCNC(=O)C(C)(C)C)C1. The zero-order chi connectivity index (χ0) is 23.2. The van der Waals surface area contributed by atoms with Gasteiger partial charge in [0.25, 0.3) is 0 Å². The highest BCUT2D eigenvalue weighted by atomic mass is 16.2. The van der Waals surface area contributed by atoms with E-state index in [9.17, 15) is 9.59 Å². The van der Waals surface area contributed by atoms with E-state index in [1.54, 1.807) is 0 Å². The molecule has 9 heteroatoms. The van der Waals surface area contributed by atoms with E-state index in [0.29, 0.717) is 13.0 Å². The molecule has 1 aromatic heterocycles. The first kappa shape index (κ1) is 24.8. The van der Waals surface area contributed by atoms with Crippen LogP contribution in [0.25, 0.3) is 0 Å². The summed E-state index contributed by atoms with van der Waals surface area (Å²) in [6, 6.07) is -0.0252. The summed E-state index contributed by atoms with van der Waals surface area (Å²) in [5.41, 5.74) is 6.75. The highest BCUT2D eigenvalue weighted by Gasteiger charge is 2.29. The number of nitrogens with zero attached hydrogens (tertiary/aromatic N) is 3. The van der Waals surface area contributed by atoms with Gasteiger partial charge in [-0.05, 0) is 46.1 Å². The van der Waals surface area contributed by atoms with Crippen LogP contribution in [-0.4, -0.2) is 45.7 Å². The van der Waals surface area contributed by atoms with E-state index in [1.807, 2.05) is 33.8 Å². The van der Waals surface area contributed by atoms with Crippen LogP contribution in [0.2, 0.25) is 0 Å². The zero-order valence-corrected chi connectivity index (χ0v) is 19.8. The first-order valence-electron chi connectivity index (χ1n) is 11.2. The minimum atomic E-state index is -0.358. The summed E-state index contributed by atoms with van der Waals surface area (Å²) >= 11 is 0. The topological polar surface area (TPSA) is 127 Å². The molecule has 0 fully saturated rings. The van der Waals surface area contributed by atoms with E-state index in [-0.39, 0.29) is 35.4 Å². The Hall–Kier alpha value is -2.42. The number of rotatable bonds is 9. The van der Waals surface area contributed by atoms with Crippen molar-refractivity contribution in [2.45, 2.75) is 85.4 Å². The lowest BCUT2D eigenvalue weighted by atomic mass is 9.94. The van der Waals surface area contributed by atoms with Gasteiger partial charge < -0.3 is 26.3 Å².